The number of carbonyl (C=O) groups is 1. The van der Waals surface area contributed by atoms with Gasteiger partial charge in [0.15, 0.2) is 5.78 Å². The molecule has 0 aliphatic rings. The average molecular weight is 272 g/mol. The molecule has 1 heteroatoms. The maximum absolute atomic E-state index is 11.5. The van der Waals surface area contributed by atoms with Gasteiger partial charge in [0.2, 0.25) is 0 Å². The van der Waals surface area contributed by atoms with Crippen LogP contribution in [-0.4, -0.2) is 5.78 Å². The first kappa shape index (κ1) is 18.4. The zero-order chi connectivity index (χ0) is 15.1. The summed E-state index contributed by atoms with van der Waals surface area (Å²) in [5, 5.41) is 0. The second-order valence-electron chi connectivity index (χ2n) is 5.10. The first-order valence-corrected chi connectivity index (χ1v) is 7.47. The highest BCUT2D eigenvalue weighted by molar-refractivity contribution is 5.89. The Morgan fingerprint density at radius 1 is 0.900 bits per heavy atom. The molecule has 0 aromatic carbocycles. The highest BCUT2D eigenvalue weighted by Gasteiger charge is 1.98. The van der Waals surface area contributed by atoms with Crippen LogP contribution < -0.4 is 0 Å². The summed E-state index contributed by atoms with van der Waals surface area (Å²) in [6, 6.07) is 0. The number of ketones is 1. The Labute approximate surface area is 124 Å². The van der Waals surface area contributed by atoms with Crippen LogP contribution in [0.1, 0.15) is 46.5 Å². The zero-order valence-electron chi connectivity index (χ0n) is 13.1. The van der Waals surface area contributed by atoms with E-state index < -0.39 is 0 Å². The van der Waals surface area contributed by atoms with Crippen molar-refractivity contribution in [2.24, 2.45) is 5.92 Å². The van der Waals surface area contributed by atoms with Gasteiger partial charge in [-0.1, -0.05) is 68.5 Å². The number of hydrogen-bond donors (Lipinski definition) is 0. The number of rotatable bonds is 10. The standard InChI is InChI=1S/C19H28O/c1-4-5-6-7-8-9-10-11-12-13-14-15-19(20)17-16-18(2)3/h4-9,12-15,18H,10-11,16-17H2,1-3H3/b5-4+,7-6+,9-8-,13-12+,15-14+. The number of carbonyl (C=O) groups excluding carboxylic acids is 1. The van der Waals surface area contributed by atoms with E-state index in [9.17, 15) is 4.79 Å². The van der Waals surface area contributed by atoms with Crippen LogP contribution in [0.25, 0.3) is 0 Å². The highest BCUT2D eigenvalue weighted by Crippen LogP contribution is 2.04. The molecule has 0 fully saturated rings. The van der Waals surface area contributed by atoms with Crippen molar-refractivity contribution in [3.05, 3.63) is 60.8 Å². The molecule has 0 heterocycles. The quantitative estimate of drug-likeness (QED) is 0.288. The first-order chi connectivity index (χ1) is 9.66. The molecule has 0 aliphatic carbocycles. The van der Waals surface area contributed by atoms with E-state index in [0.717, 1.165) is 19.3 Å². The Morgan fingerprint density at radius 2 is 1.50 bits per heavy atom. The van der Waals surface area contributed by atoms with Crippen LogP contribution in [0.4, 0.5) is 0 Å². The van der Waals surface area contributed by atoms with E-state index in [1.165, 1.54) is 0 Å². The number of hydrogen-bond acceptors (Lipinski definition) is 1. The van der Waals surface area contributed by atoms with Gasteiger partial charge in [-0.25, -0.2) is 0 Å². The van der Waals surface area contributed by atoms with E-state index in [1.54, 1.807) is 6.08 Å². The topological polar surface area (TPSA) is 17.1 Å². The van der Waals surface area contributed by atoms with Crippen molar-refractivity contribution in [2.45, 2.75) is 46.5 Å². The van der Waals surface area contributed by atoms with Crippen LogP contribution in [0.5, 0.6) is 0 Å². The molecular formula is C19H28O. The van der Waals surface area contributed by atoms with Gasteiger partial charge in [0.1, 0.15) is 0 Å². The summed E-state index contributed by atoms with van der Waals surface area (Å²) in [6.07, 6.45) is 23.4. The van der Waals surface area contributed by atoms with E-state index in [2.05, 4.69) is 32.1 Å². The van der Waals surface area contributed by atoms with Crippen LogP contribution >= 0.6 is 0 Å². The Balaban J connectivity index is 3.68. The van der Waals surface area contributed by atoms with Crippen molar-refractivity contribution in [2.75, 3.05) is 0 Å². The van der Waals surface area contributed by atoms with Crippen LogP contribution in [0.15, 0.2) is 60.8 Å². The van der Waals surface area contributed by atoms with Crippen LogP contribution in [-0.2, 0) is 4.79 Å². The lowest BCUT2D eigenvalue weighted by Gasteiger charge is -1.99. The molecular weight excluding hydrogens is 244 g/mol. The maximum atomic E-state index is 11.5. The van der Waals surface area contributed by atoms with E-state index in [-0.39, 0.29) is 5.78 Å². The molecule has 1 nitrogen and oxygen atoms in total. The monoisotopic (exact) mass is 272 g/mol. The third kappa shape index (κ3) is 14.4. The molecule has 0 aromatic rings. The Kier molecular flexibility index (Phi) is 12.7. The van der Waals surface area contributed by atoms with Gasteiger partial charge in [0, 0.05) is 6.42 Å². The molecule has 0 amide bonds. The lowest BCUT2D eigenvalue weighted by Crippen LogP contribution is -1.95. The lowest BCUT2D eigenvalue weighted by atomic mass is 10.1. The zero-order valence-corrected chi connectivity index (χ0v) is 13.1. The lowest BCUT2D eigenvalue weighted by molar-refractivity contribution is -0.114. The summed E-state index contributed by atoms with van der Waals surface area (Å²) >= 11 is 0. The van der Waals surface area contributed by atoms with Gasteiger partial charge in [-0.15, -0.1) is 0 Å². The predicted octanol–water partition coefficient (Wildman–Crippen LogP) is 5.57. The first-order valence-electron chi connectivity index (χ1n) is 7.47. The van der Waals surface area contributed by atoms with E-state index in [0.29, 0.717) is 12.3 Å². The molecule has 0 unspecified atom stereocenters. The highest BCUT2D eigenvalue weighted by atomic mass is 16.1. The maximum Gasteiger partial charge on any atom is 0.155 e. The van der Waals surface area contributed by atoms with E-state index in [4.69, 9.17) is 0 Å². The van der Waals surface area contributed by atoms with E-state index in [1.807, 2.05) is 43.4 Å². The van der Waals surface area contributed by atoms with Crippen LogP contribution in [0.3, 0.4) is 0 Å². The summed E-state index contributed by atoms with van der Waals surface area (Å²) in [7, 11) is 0. The molecule has 110 valence electrons. The second-order valence-corrected chi connectivity index (χ2v) is 5.10. The van der Waals surface area contributed by atoms with E-state index >= 15 is 0 Å². The van der Waals surface area contributed by atoms with Gasteiger partial charge in [-0.2, -0.15) is 0 Å². The third-order valence-corrected chi connectivity index (χ3v) is 2.66. The fraction of sp³-hybridized carbons (Fsp3) is 0.421. The van der Waals surface area contributed by atoms with Gasteiger partial charge in [0.05, 0.1) is 0 Å². The molecule has 0 aliphatic heterocycles. The molecule has 0 radical (unpaired) electrons. The molecule has 0 spiro atoms. The van der Waals surface area contributed by atoms with Crippen molar-refractivity contribution in [3.8, 4) is 0 Å². The predicted molar refractivity (Wildman–Crippen MR) is 89.7 cm³/mol. The Hall–Kier alpha value is -1.63. The van der Waals surface area contributed by atoms with Gasteiger partial charge in [-0.05, 0) is 38.2 Å². The van der Waals surface area contributed by atoms with Gasteiger partial charge in [-0.3, -0.25) is 4.79 Å². The molecule has 20 heavy (non-hydrogen) atoms. The Morgan fingerprint density at radius 3 is 2.10 bits per heavy atom. The second kappa shape index (κ2) is 13.8. The molecule has 0 saturated heterocycles. The SMILES string of the molecule is C/C=C/C=C/C=C\CC/C=C/C=C/C(=O)CCC(C)C. The average Bonchev–Trinajstić information content (AvgIpc) is 2.42. The molecule has 0 saturated carbocycles. The minimum Gasteiger partial charge on any atom is -0.295 e. The summed E-state index contributed by atoms with van der Waals surface area (Å²) in [6.45, 7) is 6.27. The molecule has 0 bridgehead atoms. The van der Waals surface area contributed by atoms with Crippen molar-refractivity contribution in [1.82, 2.24) is 0 Å². The van der Waals surface area contributed by atoms with Crippen LogP contribution in [0, 0.1) is 5.92 Å². The molecule has 0 aromatic heterocycles. The van der Waals surface area contributed by atoms with Gasteiger partial charge < -0.3 is 0 Å². The molecule has 0 atom stereocenters. The molecule has 0 rings (SSSR count). The minimum absolute atomic E-state index is 0.220. The van der Waals surface area contributed by atoms with Gasteiger partial charge >= 0.3 is 0 Å². The van der Waals surface area contributed by atoms with Crippen LogP contribution in [0.2, 0.25) is 0 Å². The van der Waals surface area contributed by atoms with Crippen molar-refractivity contribution >= 4 is 5.78 Å². The fourth-order valence-electron chi connectivity index (χ4n) is 1.46. The number of allylic oxidation sites excluding steroid dienone is 10. The third-order valence-electron chi connectivity index (χ3n) is 2.66. The Bertz CT molecular complexity index is 379. The van der Waals surface area contributed by atoms with Crippen molar-refractivity contribution in [3.63, 3.8) is 0 Å². The van der Waals surface area contributed by atoms with Crippen molar-refractivity contribution < 1.29 is 4.79 Å². The van der Waals surface area contributed by atoms with Crippen molar-refractivity contribution in [1.29, 1.82) is 0 Å². The smallest absolute Gasteiger partial charge is 0.155 e. The summed E-state index contributed by atoms with van der Waals surface area (Å²) in [5.41, 5.74) is 0. The fourth-order valence-corrected chi connectivity index (χ4v) is 1.46. The normalized spacial score (nSPS) is 13.2. The summed E-state index contributed by atoms with van der Waals surface area (Å²) in [4.78, 5) is 11.5. The minimum atomic E-state index is 0.220. The largest absolute Gasteiger partial charge is 0.295 e. The molecule has 0 N–H and O–H groups in total. The van der Waals surface area contributed by atoms with Gasteiger partial charge in [0.25, 0.3) is 0 Å². The summed E-state index contributed by atoms with van der Waals surface area (Å²) in [5.74, 6) is 0.814. The summed E-state index contributed by atoms with van der Waals surface area (Å²) < 4.78 is 0. The number of unbranched alkanes of at least 4 members (excludes halogenated alkanes) is 1.